The molecule has 0 unspecified atom stereocenters. The molecule has 0 radical (unpaired) electrons. The molecule has 1 N–H and O–H groups in total. The molecule has 0 amide bonds. The van der Waals surface area contributed by atoms with Crippen molar-refractivity contribution in [2.45, 2.75) is 13.5 Å². The van der Waals surface area contributed by atoms with Crippen LogP contribution in [0.5, 0.6) is 0 Å². The van der Waals surface area contributed by atoms with Gasteiger partial charge in [0.1, 0.15) is 0 Å². The Bertz CT molecular complexity index is 953. The van der Waals surface area contributed by atoms with Crippen LogP contribution < -0.4 is 5.43 Å². The van der Waals surface area contributed by atoms with Crippen LogP contribution in [0.4, 0.5) is 0 Å². The Kier molecular flexibility index (Phi) is 3.75. The van der Waals surface area contributed by atoms with Gasteiger partial charge in [0.15, 0.2) is 5.82 Å². The minimum absolute atomic E-state index is 0.750. The molecule has 0 atom stereocenters. The first-order chi connectivity index (χ1) is 11.8. The lowest BCUT2D eigenvalue weighted by atomic mass is 10.1. The summed E-state index contributed by atoms with van der Waals surface area (Å²) in [5.41, 5.74) is 9.20. The zero-order chi connectivity index (χ0) is 16.4. The van der Waals surface area contributed by atoms with Gasteiger partial charge in [0.2, 0.25) is 0 Å². The van der Waals surface area contributed by atoms with Crippen molar-refractivity contribution in [1.82, 2.24) is 9.66 Å². The van der Waals surface area contributed by atoms with E-state index in [0.29, 0.717) is 0 Å². The van der Waals surface area contributed by atoms with Gasteiger partial charge in [-0.2, -0.15) is 0 Å². The standard InChI is InChI=1S/C21H19N3/c1-16-11-13-18(14-12-16)21-23-19-9-5-6-10-20(19)24(21)22-15-17-7-3-2-4-8-17/h2-14,22H,15H2,1H3. The van der Waals surface area contributed by atoms with Crippen LogP contribution in [0.3, 0.4) is 0 Å². The normalized spacial score (nSPS) is 10.9. The van der Waals surface area contributed by atoms with Gasteiger partial charge in [0.25, 0.3) is 0 Å². The second-order valence-corrected chi connectivity index (χ2v) is 5.95. The fourth-order valence-electron chi connectivity index (χ4n) is 2.85. The van der Waals surface area contributed by atoms with Gasteiger partial charge in [0, 0.05) is 5.56 Å². The summed E-state index contributed by atoms with van der Waals surface area (Å²) in [5, 5.41) is 0. The summed E-state index contributed by atoms with van der Waals surface area (Å²) < 4.78 is 2.09. The van der Waals surface area contributed by atoms with Crippen molar-refractivity contribution in [3.8, 4) is 11.4 Å². The van der Waals surface area contributed by atoms with Crippen LogP contribution in [-0.4, -0.2) is 9.66 Å². The lowest BCUT2D eigenvalue weighted by Crippen LogP contribution is -2.15. The number of nitrogens with one attached hydrogen (secondary N) is 1. The van der Waals surface area contributed by atoms with Crippen LogP contribution in [0.1, 0.15) is 11.1 Å². The first-order valence-electron chi connectivity index (χ1n) is 8.13. The lowest BCUT2D eigenvalue weighted by Gasteiger charge is -2.12. The minimum Gasteiger partial charge on any atom is -0.319 e. The largest absolute Gasteiger partial charge is 0.319 e. The highest BCUT2D eigenvalue weighted by Crippen LogP contribution is 2.24. The fourth-order valence-corrected chi connectivity index (χ4v) is 2.85. The van der Waals surface area contributed by atoms with Crippen molar-refractivity contribution < 1.29 is 0 Å². The van der Waals surface area contributed by atoms with Crippen LogP contribution in [0.25, 0.3) is 22.4 Å². The van der Waals surface area contributed by atoms with Gasteiger partial charge in [-0.1, -0.05) is 72.3 Å². The maximum absolute atomic E-state index is 4.83. The third-order valence-electron chi connectivity index (χ3n) is 4.15. The molecule has 0 aliphatic rings. The lowest BCUT2D eigenvalue weighted by molar-refractivity contribution is 0.871. The van der Waals surface area contributed by atoms with Crippen molar-refractivity contribution in [2.75, 3.05) is 5.43 Å². The van der Waals surface area contributed by atoms with E-state index in [1.54, 1.807) is 0 Å². The van der Waals surface area contributed by atoms with E-state index < -0.39 is 0 Å². The number of hydrogen-bond acceptors (Lipinski definition) is 2. The highest BCUT2D eigenvalue weighted by Gasteiger charge is 2.12. The summed E-state index contributed by atoms with van der Waals surface area (Å²) in [6, 6.07) is 27.1. The van der Waals surface area contributed by atoms with Crippen molar-refractivity contribution in [3.05, 3.63) is 90.0 Å². The van der Waals surface area contributed by atoms with Gasteiger partial charge in [-0.25, -0.2) is 9.66 Å². The molecule has 24 heavy (non-hydrogen) atoms. The number of aromatic nitrogens is 2. The zero-order valence-corrected chi connectivity index (χ0v) is 13.6. The Balaban J connectivity index is 1.77. The third-order valence-corrected chi connectivity index (χ3v) is 4.15. The maximum Gasteiger partial charge on any atom is 0.159 e. The van der Waals surface area contributed by atoms with E-state index in [2.05, 4.69) is 71.6 Å². The molecule has 4 rings (SSSR count). The Morgan fingerprint density at radius 1 is 0.833 bits per heavy atom. The number of hydrogen-bond donors (Lipinski definition) is 1. The average Bonchev–Trinajstić information content (AvgIpc) is 3.00. The van der Waals surface area contributed by atoms with Gasteiger partial charge in [-0.05, 0) is 24.6 Å². The van der Waals surface area contributed by atoms with Gasteiger partial charge in [-0.3, -0.25) is 0 Å². The summed E-state index contributed by atoms with van der Waals surface area (Å²) in [5.74, 6) is 0.937. The zero-order valence-electron chi connectivity index (χ0n) is 13.6. The number of benzene rings is 3. The summed E-state index contributed by atoms with van der Waals surface area (Å²) in [7, 11) is 0. The third kappa shape index (κ3) is 2.76. The molecule has 0 aliphatic heterocycles. The number of rotatable bonds is 4. The quantitative estimate of drug-likeness (QED) is 0.589. The van der Waals surface area contributed by atoms with E-state index >= 15 is 0 Å². The smallest absolute Gasteiger partial charge is 0.159 e. The van der Waals surface area contributed by atoms with Crippen molar-refractivity contribution in [1.29, 1.82) is 0 Å². The Morgan fingerprint density at radius 2 is 1.54 bits per heavy atom. The predicted octanol–water partition coefficient (Wildman–Crippen LogP) is 4.76. The number of fused-ring (bicyclic) bond motifs is 1. The van der Waals surface area contributed by atoms with Gasteiger partial charge in [0.05, 0.1) is 17.6 Å². The highest BCUT2D eigenvalue weighted by atomic mass is 15.4. The Morgan fingerprint density at radius 3 is 2.33 bits per heavy atom. The van der Waals surface area contributed by atoms with Crippen LogP contribution in [-0.2, 0) is 6.54 Å². The molecule has 1 heterocycles. The van der Waals surface area contributed by atoms with Gasteiger partial charge >= 0.3 is 0 Å². The molecule has 0 saturated carbocycles. The monoisotopic (exact) mass is 313 g/mol. The average molecular weight is 313 g/mol. The molecule has 3 heteroatoms. The van der Waals surface area contributed by atoms with Crippen LogP contribution >= 0.6 is 0 Å². The molecule has 118 valence electrons. The van der Waals surface area contributed by atoms with Crippen LogP contribution in [0, 0.1) is 6.92 Å². The maximum atomic E-state index is 4.83. The SMILES string of the molecule is Cc1ccc(-c2nc3ccccc3n2NCc2ccccc2)cc1. The molecule has 1 aromatic heterocycles. The van der Waals surface area contributed by atoms with E-state index in [9.17, 15) is 0 Å². The first-order valence-corrected chi connectivity index (χ1v) is 8.13. The molecule has 0 fully saturated rings. The van der Waals surface area contributed by atoms with Crippen LogP contribution in [0.15, 0.2) is 78.9 Å². The van der Waals surface area contributed by atoms with E-state index in [1.165, 1.54) is 11.1 Å². The highest BCUT2D eigenvalue weighted by molar-refractivity contribution is 5.81. The van der Waals surface area contributed by atoms with Crippen molar-refractivity contribution in [3.63, 3.8) is 0 Å². The number of imidazole rings is 1. The predicted molar refractivity (Wildman–Crippen MR) is 99.4 cm³/mol. The Labute approximate surface area is 141 Å². The van der Waals surface area contributed by atoms with E-state index in [1.807, 2.05) is 24.3 Å². The molecule has 3 aromatic carbocycles. The summed E-state index contributed by atoms with van der Waals surface area (Å²) >= 11 is 0. The molecule has 0 spiro atoms. The number of nitrogens with zero attached hydrogens (tertiary/aromatic N) is 2. The second kappa shape index (κ2) is 6.20. The number of aryl methyl sites for hydroxylation is 1. The molecular formula is C21H19N3. The van der Waals surface area contributed by atoms with Crippen molar-refractivity contribution in [2.24, 2.45) is 0 Å². The molecule has 4 aromatic rings. The first kappa shape index (κ1) is 14.5. The summed E-state index contributed by atoms with van der Waals surface area (Å²) in [6.45, 7) is 2.85. The Hall–Kier alpha value is -3.07. The van der Waals surface area contributed by atoms with E-state index in [4.69, 9.17) is 4.98 Å². The topological polar surface area (TPSA) is 29.9 Å². The molecule has 0 bridgehead atoms. The molecule has 0 saturated heterocycles. The van der Waals surface area contributed by atoms with Crippen LogP contribution in [0.2, 0.25) is 0 Å². The minimum atomic E-state index is 0.750. The second-order valence-electron chi connectivity index (χ2n) is 5.95. The van der Waals surface area contributed by atoms with Gasteiger partial charge in [-0.15, -0.1) is 0 Å². The summed E-state index contributed by atoms with van der Waals surface area (Å²) in [4.78, 5) is 4.83. The molecule has 0 aliphatic carbocycles. The van der Waals surface area contributed by atoms with Crippen molar-refractivity contribution >= 4 is 11.0 Å². The van der Waals surface area contributed by atoms with Gasteiger partial charge < -0.3 is 5.43 Å². The van der Waals surface area contributed by atoms with E-state index in [0.717, 1.165) is 29.0 Å². The van der Waals surface area contributed by atoms with E-state index in [-0.39, 0.29) is 0 Å². The fraction of sp³-hybridized carbons (Fsp3) is 0.0952. The summed E-state index contributed by atoms with van der Waals surface area (Å²) in [6.07, 6.45) is 0. The molecule has 3 nitrogen and oxygen atoms in total. The number of para-hydroxylation sites is 2. The molecular weight excluding hydrogens is 294 g/mol.